The number of hydrogen-bond donors (Lipinski definition) is 2. The lowest BCUT2D eigenvalue weighted by Crippen LogP contribution is -2.67. The van der Waals surface area contributed by atoms with Crippen LogP contribution in [0.3, 0.4) is 0 Å². The molecule has 0 aromatic carbocycles. The Kier molecular flexibility index (Phi) is 5.15. The van der Waals surface area contributed by atoms with E-state index in [4.69, 9.17) is 0 Å². The summed E-state index contributed by atoms with van der Waals surface area (Å²) in [5.74, 6) is 2.00. The molecule has 5 aliphatic carbocycles. The van der Waals surface area contributed by atoms with Gasteiger partial charge in [-0.3, -0.25) is 4.79 Å². The second kappa shape index (κ2) is 7.11. The first kappa shape index (κ1) is 23.9. The number of hydrogen-bond acceptors (Lipinski definition) is 2. The quantitative estimate of drug-likeness (QED) is 0.436. The van der Waals surface area contributed by atoms with Crippen molar-refractivity contribution in [2.24, 2.45) is 56.7 Å². The smallest absolute Gasteiger partial charge is 0.312 e. The lowest BCUT2D eigenvalue weighted by atomic mass is 9.32. The van der Waals surface area contributed by atoms with Gasteiger partial charge in [-0.25, -0.2) is 0 Å². The van der Waals surface area contributed by atoms with Gasteiger partial charge in [-0.1, -0.05) is 39.8 Å². The zero-order valence-electron chi connectivity index (χ0n) is 22.0. The summed E-state index contributed by atoms with van der Waals surface area (Å²) in [6, 6.07) is 0. The van der Waals surface area contributed by atoms with Crippen molar-refractivity contribution in [3.8, 4) is 0 Å². The zero-order chi connectivity index (χ0) is 24.2. The molecule has 0 bridgehead atoms. The average Bonchev–Trinajstić information content (AvgIpc) is 3.09. The SMILES string of the molecule is C=C(C)[C@@H]1CC[C@]2(C)CC[C@]3(C)[C@@H](CC[C@@H]4[C@@]5(C)CC[C@@H](O)[C@](C)(C(=O)O)[C@@H]5CC[C@]43C)[C@H]12. The van der Waals surface area contributed by atoms with Gasteiger partial charge < -0.3 is 10.2 Å². The Bertz CT molecular complexity index is 865. The Morgan fingerprint density at radius 3 is 2.15 bits per heavy atom. The molecule has 0 aliphatic heterocycles. The predicted molar refractivity (Wildman–Crippen MR) is 133 cm³/mol. The van der Waals surface area contributed by atoms with Crippen molar-refractivity contribution in [2.75, 3.05) is 0 Å². The maximum atomic E-state index is 12.5. The lowest BCUT2D eigenvalue weighted by Gasteiger charge is -2.72. The van der Waals surface area contributed by atoms with E-state index in [0.29, 0.717) is 29.1 Å². The summed E-state index contributed by atoms with van der Waals surface area (Å²) in [6.07, 6.45) is 10.8. The van der Waals surface area contributed by atoms with E-state index in [-0.39, 0.29) is 16.7 Å². The van der Waals surface area contributed by atoms with Crippen molar-refractivity contribution in [1.29, 1.82) is 0 Å². The highest BCUT2D eigenvalue weighted by molar-refractivity contribution is 5.76. The Labute approximate surface area is 201 Å². The van der Waals surface area contributed by atoms with Gasteiger partial charge in [0.25, 0.3) is 0 Å². The molecule has 0 radical (unpaired) electrons. The van der Waals surface area contributed by atoms with E-state index in [9.17, 15) is 15.0 Å². The zero-order valence-corrected chi connectivity index (χ0v) is 22.0. The van der Waals surface area contributed by atoms with Crippen LogP contribution in [-0.4, -0.2) is 22.3 Å². The van der Waals surface area contributed by atoms with E-state index in [0.717, 1.165) is 31.1 Å². The molecule has 0 spiro atoms. The molecule has 11 atom stereocenters. The normalized spacial score (nSPS) is 57.9. The summed E-state index contributed by atoms with van der Waals surface area (Å²) in [4.78, 5) is 12.5. The summed E-state index contributed by atoms with van der Waals surface area (Å²) in [7, 11) is 0. The van der Waals surface area contributed by atoms with Crippen molar-refractivity contribution >= 4 is 5.97 Å². The summed E-state index contributed by atoms with van der Waals surface area (Å²) in [5.41, 5.74) is 1.39. The fourth-order valence-electron chi connectivity index (χ4n) is 11.5. The second-order valence-corrected chi connectivity index (χ2v) is 14.5. The van der Waals surface area contributed by atoms with Crippen LogP contribution in [-0.2, 0) is 4.79 Å². The van der Waals surface area contributed by atoms with E-state index in [1.807, 2.05) is 6.92 Å². The van der Waals surface area contributed by atoms with E-state index in [1.165, 1.54) is 44.1 Å². The van der Waals surface area contributed by atoms with Gasteiger partial charge in [0.1, 0.15) is 0 Å². The summed E-state index contributed by atoms with van der Waals surface area (Å²) in [6.45, 7) is 18.8. The predicted octanol–water partition coefficient (Wildman–Crippen LogP) is 7.09. The van der Waals surface area contributed by atoms with E-state index < -0.39 is 17.5 Å². The minimum atomic E-state index is -1.02. The summed E-state index contributed by atoms with van der Waals surface area (Å²) in [5, 5.41) is 21.1. The molecule has 3 nitrogen and oxygen atoms in total. The molecule has 2 N–H and O–H groups in total. The van der Waals surface area contributed by atoms with E-state index in [2.05, 4.69) is 41.2 Å². The molecule has 5 saturated carbocycles. The summed E-state index contributed by atoms with van der Waals surface area (Å²) < 4.78 is 0. The van der Waals surface area contributed by atoms with Crippen LogP contribution in [0, 0.1) is 56.7 Å². The van der Waals surface area contributed by atoms with Crippen molar-refractivity contribution in [3.05, 3.63) is 12.2 Å². The van der Waals surface area contributed by atoms with Crippen LogP contribution in [0.5, 0.6) is 0 Å². The van der Waals surface area contributed by atoms with Gasteiger partial charge in [-0.2, -0.15) is 0 Å². The molecule has 33 heavy (non-hydrogen) atoms. The van der Waals surface area contributed by atoms with Gasteiger partial charge in [-0.05, 0) is 129 Å². The highest BCUT2D eigenvalue weighted by atomic mass is 16.4. The van der Waals surface area contributed by atoms with Crippen LogP contribution >= 0.6 is 0 Å². The molecule has 0 saturated heterocycles. The van der Waals surface area contributed by atoms with Crippen LogP contribution < -0.4 is 0 Å². The average molecular weight is 457 g/mol. The van der Waals surface area contributed by atoms with Gasteiger partial charge in [0, 0.05) is 0 Å². The third-order valence-corrected chi connectivity index (χ3v) is 13.6. The molecule has 5 rings (SSSR count). The first-order valence-corrected chi connectivity index (χ1v) is 13.8. The van der Waals surface area contributed by atoms with Crippen LogP contribution in [0.2, 0.25) is 0 Å². The lowest BCUT2D eigenvalue weighted by molar-refractivity contribution is -0.250. The van der Waals surface area contributed by atoms with Crippen molar-refractivity contribution in [1.82, 2.24) is 0 Å². The van der Waals surface area contributed by atoms with Crippen molar-refractivity contribution in [2.45, 2.75) is 112 Å². The number of allylic oxidation sites excluding steroid dienone is 1. The monoisotopic (exact) mass is 456 g/mol. The standard InChI is InChI=1S/C30H48O3/c1-18(2)19-10-13-26(3)16-17-28(5)20(24(19)26)8-9-21-27(4)14-12-23(31)30(7,25(32)33)22(27)11-15-29(21,28)6/h19-24,31H,1,8-17H2,2-7H3,(H,32,33)/t19-,20-,21+,22+,23+,24-,26+,27+,28+,29+,30+/m0/s1. The topological polar surface area (TPSA) is 57.5 Å². The summed E-state index contributed by atoms with van der Waals surface area (Å²) >= 11 is 0. The first-order valence-electron chi connectivity index (χ1n) is 13.8. The Morgan fingerprint density at radius 2 is 1.52 bits per heavy atom. The van der Waals surface area contributed by atoms with Crippen LogP contribution in [0.4, 0.5) is 0 Å². The maximum Gasteiger partial charge on any atom is 0.312 e. The fraction of sp³-hybridized carbons (Fsp3) is 0.900. The number of fused-ring (bicyclic) bond motifs is 7. The Balaban J connectivity index is 1.55. The highest BCUT2D eigenvalue weighted by Gasteiger charge is 2.71. The van der Waals surface area contributed by atoms with Crippen LogP contribution in [0.1, 0.15) is 106 Å². The number of aliphatic carboxylic acids is 1. The molecule has 3 heteroatoms. The van der Waals surface area contributed by atoms with E-state index in [1.54, 1.807) is 0 Å². The third kappa shape index (κ3) is 2.75. The Hall–Kier alpha value is -0.830. The molecule has 5 fully saturated rings. The number of carboxylic acid groups (broad SMARTS) is 1. The molecule has 0 unspecified atom stereocenters. The molecule has 0 aromatic heterocycles. The van der Waals surface area contributed by atoms with Gasteiger partial charge in [0.15, 0.2) is 0 Å². The second-order valence-electron chi connectivity index (χ2n) is 14.5. The molecule has 0 amide bonds. The van der Waals surface area contributed by atoms with Gasteiger partial charge in [0.05, 0.1) is 11.5 Å². The Morgan fingerprint density at radius 1 is 0.818 bits per heavy atom. The third-order valence-electron chi connectivity index (χ3n) is 13.6. The van der Waals surface area contributed by atoms with E-state index >= 15 is 0 Å². The molecule has 0 aromatic rings. The number of aliphatic hydroxyl groups is 1. The number of carboxylic acids is 1. The minimum Gasteiger partial charge on any atom is -0.481 e. The molecule has 186 valence electrons. The van der Waals surface area contributed by atoms with Gasteiger partial charge >= 0.3 is 5.97 Å². The fourth-order valence-corrected chi connectivity index (χ4v) is 11.5. The molecular weight excluding hydrogens is 408 g/mol. The van der Waals surface area contributed by atoms with Gasteiger partial charge in [-0.15, -0.1) is 0 Å². The number of carbonyl (C=O) groups is 1. The minimum absolute atomic E-state index is 0.00245. The van der Waals surface area contributed by atoms with Crippen LogP contribution in [0.15, 0.2) is 12.2 Å². The van der Waals surface area contributed by atoms with Crippen molar-refractivity contribution < 1.29 is 15.0 Å². The maximum absolute atomic E-state index is 12.5. The van der Waals surface area contributed by atoms with Crippen LogP contribution in [0.25, 0.3) is 0 Å². The highest BCUT2D eigenvalue weighted by Crippen LogP contribution is 2.77. The number of rotatable bonds is 2. The first-order chi connectivity index (χ1) is 15.3. The molecular formula is C30H48O3. The van der Waals surface area contributed by atoms with Crippen molar-refractivity contribution in [3.63, 3.8) is 0 Å². The van der Waals surface area contributed by atoms with Gasteiger partial charge in [0.2, 0.25) is 0 Å². The molecule has 5 aliphatic rings. The number of aliphatic hydroxyl groups excluding tert-OH is 1. The largest absolute Gasteiger partial charge is 0.481 e. The molecule has 0 heterocycles.